The zero-order valence-electron chi connectivity index (χ0n) is 9.94. The molecule has 1 aromatic heterocycles. The molecule has 1 amide bonds. The molecule has 2 N–H and O–H groups in total. The molecule has 0 aliphatic rings. The number of amides is 1. The van der Waals surface area contributed by atoms with Crippen molar-refractivity contribution >= 4 is 21.8 Å². The Kier molecular flexibility index (Phi) is 3.66. The topological polar surface area (TPSA) is 84.0 Å². The van der Waals surface area contributed by atoms with Crippen molar-refractivity contribution in [3.8, 4) is 5.69 Å². The second-order valence-electron chi connectivity index (χ2n) is 3.73. The minimum atomic E-state index is -0.710. The van der Waals surface area contributed by atoms with Crippen LogP contribution in [0.5, 0.6) is 0 Å². The molecule has 0 aliphatic carbocycles. The monoisotopic (exact) mass is 323 g/mol. The Morgan fingerprint density at radius 2 is 1.89 bits per heavy atom. The maximum absolute atomic E-state index is 11.8. The predicted molar refractivity (Wildman–Crippen MR) is 73.7 cm³/mol. The van der Waals surface area contributed by atoms with E-state index in [2.05, 4.69) is 26.2 Å². The number of hydrogen-bond acceptors (Lipinski definition) is 3. The lowest BCUT2D eigenvalue weighted by molar-refractivity contribution is 0.0961. The van der Waals surface area contributed by atoms with Crippen LogP contribution in [0.1, 0.15) is 10.4 Å². The Bertz CT molecular complexity index is 731. The molecule has 0 aliphatic heterocycles. The van der Waals surface area contributed by atoms with E-state index in [1.807, 2.05) is 0 Å². The van der Waals surface area contributed by atoms with E-state index in [1.165, 1.54) is 17.8 Å². The molecular formula is C12H10BrN3O3. The van der Waals surface area contributed by atoms with Crippen molar-refractivity contribution in [3.05, 3.63) is 61.3 Å². The summed E-state index contributed by atoms with van der Waals surface area (Å²) in [5.41, 5.74) is -0.877. The van der Waals surface area contributed by atoms with Gasteiger partial charge < -0.3 is 5.32 Å². The normalized spacial score (nSPS) is 10.2. The number of H-pyrrole nitrogens is 1. The van der Waals surface area contributed by atoms with Gasteiger partial charge in [0.05, 0.1) is 5.69 Å². The highest BCUT2D eigenvalue weighted by molar-refractivity contribution is 9.10. The molecular weight excluding hydrogens is 314 g/mol. The van der Waals surface area contributed by atoms with Crippen LogP contribution < -0.4 is 16.6 Å². The minimum absolute atomic E-state index is 0.120. The molecule has 0 bridgehead atoms. The fraction of sp³-hybridized carbons (Fsp3) is 0.0833. The number of benzene rings is 1. The Morgan fingerprint density at radius 3 is 2.47 bits per heavy atom. The molecule has 1 heterocycles. The van der Waals surface area contributed by atoms with E-state index in [1.54, 1.807) is 24.3 Å². The Balaban J connectivity index is 2.64. The summed E-state index contributed by atoms with van der Waals surface area (Å²) in [5, 5.41) is 2.35. The quantitative estimate of drug-likeness (QED) is 0.851. The first kappa shape index (κ1) is 13.3. The number of nitrogens with zero attached hydrogens (tertiary/aromatic N) is 1. The summed E-state index contributed by atoms with van der Waals surface area (Å²) >= 11 is 3.29. The third kappa shape index (κ3) is 2.65. The highest BCUT2D eigenvalue weighted by Crippen LogP contribution is 2.12. The van der Waals surface area contributed by atoms with E-state index >= 15 is 0 Å². The van der Waals surface area contributed by atoms with E-state index in [0.29, 0.717) is 5.69 Å². The Labute approximate surface area is 116 Å². The van der Waals surface area contributed by atoms with Crippen LogP contribution in [0, 0.1) is 0 Å². The lowest BCUT2D eigenvalue weighted by Crippen LogP contribution is -2.35. The van der Waals surface area contributed by atoms with Gasteiger partial charge in [-0.25, -0.2) is 4.79 Å². The van der Waals surface area contributed by atoms with E-state index in [4.69, 9.17) is 0 Å². The van der Waals surface area contributed by atoms with Gasteiger partial charge in [0.25, 0.3) is 11.5 Å². The van der Waals surface area contributed by atoms with Crippen LogP contribution in [0.15, 0.2) is 44.5 Å². The van der Waals surface area contributed by atoms with Crippen LogP contribution >= 0.6 is 15.9 Å². The van der Waals surface area contributed by atoms with Crippen LogP contribution in [0.3, 0.4) is 0 Å². The number of nitrogens with one attached hydrogen (secondary N) is 2. The molecule has 0 saturated heterocycles. The number of carbonyl (C=O) groups excluding carboxylic acids is 1. The molecule has 2 aromatic rings. The number of rotatable bonds is 2. The van der Waals surface area contributed by atoms with Gasteiger partial charge in [0.2, 0.25) is 0 Å². The number of aromatic nitrogens is 2. The number of halogens is 1. The lowest BCUT2D eigenvalue weighted by Gasteiger charge is -2.07. The highest BCUT2D eigenvalue weighted by atomic mass is 79.9. The van der Waals surface area contributed by atoms with Gasteiger partial charge >= 0.3 is 5.69 Å². The van der Waals surface area contributed by atoms with E-state index in [9.17, 15) is 14.4 Å². The molecule has 98 valence electrons. The van der Waals surface area contributed by atoms with Crippen molar-refractivity contribution in [1.82, 2.24) is 14.9 Å². The van der Waals surface area contributed by atoms with Gasteiger partial charge in [-0.05, 0) is 24.3 Å². The maximum Gasteiger partial charge on any atom is 0.332 e. The summed E-state index contributed by atoms with van der Waals surface area (Å²) in [6, 6.07) is 6.90. The molecule has 0 fully saturated rings. The molecule has 0 spiro atoms. The van der Waals surface area contributed by atoms with E-state index < -0.39 is 17.2 Å². The fourth-order valence-corrected chi connectivity index (χ4v) is 1.83. The van der Waals surface area contributed by atoms with Crippen LogP contribution in [0.25, 0.3) is 5.69 Å². The van der Waals surface area contributed by atoms with E-state index in [0.717, 1.165) is 4.47 Å². The second-order valence-corrected chi connectivity index (χ2v) is 4.64. The first-order valence-electron chi connectivity index (χ1n) is 5.37. The summed E-state index contributed by atoms with van der Waals surface area (Å²) in [6.45, 7) is 0. The van der Waals surface area contributed by atoms with E-state index in [-0.39, 0.29) is 5.56 Å². The lowest BCUT2D eigenvalue weighted by atomic mass is 10.3. The number of aromatic amines is 1. The first-order valence-corrected chi connectivity index (χ1v) is 6.16. The van der Waals surface area contributed by atoms with Gasteiger partial charge in [0, 0.05) is 17.7 Å². The van der Waals surface area contributed by atoms with Crippen molar-refractivity contribution in [2.75, 3.05) is 7.05 Å². The fourth-order valence-electron chi connectivity index (χ4n) is 1.56. The van der Waals surface area contributed by atoms with Crippen LogP contribution in [-0.2, 0) is 0 Å². The van der Waals surface area contributed by atoms with Crippen LogP contribution in [0.4, 0.5) is 0 Å². The van der Waals surface area contributed by atoms with Gasteiger partial charge in [-0.15, -0.1) is 0 Å². The maximum atomic E-state index is 11.8. The van der Waals surface area contributed by atoms with Crippen LogP contribution in [-0.4, -0.2) is 22.5 Å². The summed E-state index contributed by atoms with van der Waals surface area (Å²) in [5.74, 6) is -0.549. The van der Waals surface area contributed by atoms with Crippen molar-refractivity contribution in [3.63, 3.8) is 0 Å². The molecule has 0 radical (unpaired) electrons. The predicted octanol–water partition coefficient (Wildman–Crippen LogP) is 0.648. The highest BCUT2D eigenvalue weighted by Gasteiger charge is 2.12. The zero-order chi connectivity index (χ0) is 14.0. The van der Waals surface area contributed by atoms with Crippen LogP contribution in [0.2, 0.25) is 0 Å². The zero-order valence-corrected chi connectivity index (χ0v) is 11.5. The molecule has 1 aromatic carbocycles. The molecule has 0 atom stereocenters. The van der Waals surface area contributed by atoms with Gasteiger partial charge in [-0.3, -0.25) is 19.1 Å². The van der Waals surface area contributed by atoms with Crippen molar-refractivity contribution in [1.29, 1.82) is 0 Å². The molecule has 2 rings (SSSR count). The number of hydrogen-bond donors (Lipinski definition) is 2. The number of carbonyl (C=O) groups is 1. The SMILES string of the molecule is CNC(=O)c1cn(-c2ccc(Br)cc2)c(=O)[nH]c1=O. The summed E-state index contributed by atoms with van der Waals surface area (Å²) in [6.07, 6.45) is 1.23. The smallest absolute Gasteiger partial charge is 0.332 e. The summed E-state index contributed by atoms with van der Waals surface area (Å²) in [7, 11) is 1.41. The Hall–Kier alpha value is -2.15. The summed E-state index contributed by atoms with van der Waals surface area (Å²) < 4.78 is 2.07. The molecule has 0 saturated carbocycles. The standard InChI is InChI=1S/C12H10BrN3O3/c1-14-10(17)9-6-16(12(19)15-11(9)18)8-4-2-7(13)3-5-8/h2-6H,1H3,(H,14,17)(H,15,18,19). The van der Waals surface area contributed by atoms with Crippen molar-refractivity contribution in [2.24, 2.45) is 0 Å². The van der Waals surface area contributed by atoms with Gasteiger partial charge in [-0.1, -0.05) is 15.9 Å². The third-order valence-electron chi connectivity index (χ3n) is 2.52. The van der Waals surface area contributed by atoms with Crippen molar-refractivity contribution in [2.45, 2.75) is 0 Å². The molecule has 7 heteroatoms. The molecule has 6 nitrogen and oxygen atoms in total. The second kappa shape index (κ2) is 5.23. The van der Waals surface area contributed by atoms with Gasteiger partial charge in [0.15, 0.2) is 0 Å². The van der Waals surface area contributed by atoms with Crippen molar-refractivity contribution < 1.29 is 4.79 Å². The Morgan fingerprint density at radius 1 is 1.26 bits per heavy atom. The minimum Gasteiger partial charge on any atom is -0.355 e. The largest absolute Gasteiger partial charge is 0.355 e. The first-order chi connectivity index (χ1) is 9.02. The summed E-state index contributed by atoms with van der Waals surface area (Å²) in [4.78, 5) is 36.9. The average molecular weight is 324 g/mol. The molecule has 19 heavy (non-hydrogen) atoms. The third-order valence-corrected chi connectivity index (χ3v) is 3.05. The average Bonchev–Trinajstić information content (AvgIpc) is 2.39. The molecule has 0 unspecified atom stereocenters. The van der Waals surface area contributed by atoms with Gasteiger partial charge in [0.1, 0.15) is 5.56 Å². The van der Waals surface area contributed by atoms with Gasteiger partial charge in [-0.2, -0.15) is 0 Å².